The number of aromatic nitrogens is 1. The highest BCUT2D eigenvalue weighted by Gasteiger charge is 2.43. The van der Waals surface area contributed by atoms with Gasteiger partial charge in [-0.2, -0.15) is 0 Å². The van der Waals surface area contributed by atoms with Gasteiger partial charge in [0.15, 0.2) is 0 Å². The molecule has 1 spiro atoms. The first kappa shape index (κ1) is 11.0. The Balaban J connectivity index is 2.09. The number of ether oxygens (including phenoxy) is 3. The van der Waals surface area contributed by atoms with E-state index in [-0.39, 0.29) is 0 Å². The van der Waals surface area contributed by atoms with Crippen molar-refractivity contribution in [3.8, 4) is 0 Å². The van der Waals surface area contributed by atoms with Crippen LogP contribution in [-0.4, -0.2) is 31.4 Å². The SMILES string of the molecule is Cc1c(N)ncc2c1C1(COCCOC1)OC2. The largest absolute Gasteiger partial charge is 0.383 e. The highest BCUT2D eigenvalue weighted by molar-refractivity contribution is 5.51. The zero-order valence-electron chi connectivity index (χ0n) is 9.86. The lowest BCUT2D eigenvalue weighted by Gasteiger charge is -2.28. The molecule has 0 unspecified atom stereocenters. The van der Waals surface area contributed by atoms with Crippen molar-refractivity contribution in [1.29, 1.82) is 0 Å². The summed E-state index contributed by atoms with van der Waals surface area (Å²) >= 11 is 0. The summed E-state index contributed by atoms with van der Waals surface area (Å²) in [4.78, 5) is 4.17. The lowest BCUT2D eigenvalue weighted by atomic mass is 9.91. The van der Waals surface area contributed by atoms with Gasteiger partial charge in [-0.15, -0.1) is 0 Å². The monoisotopic (exact) mass is 236 g/mol. The smallest absolute Gasteiger partial charge is 0.141 e. The van der Waals surface area contributed by atoms with Gasteiger partial charge in [0.05, 0.1) is 33.0 Å². The average molecular weight is 236 g/mol. The molecule has 2 aliphatic heterocycles. The molecule has 1 saturated heterocycles. The molecule has 1 fully saturated rings. The Morgan fingerprint density at radius 1 is 1.29 bits per heavy atom. The Kier molecular flexibility index (Phi) is 2.54. The molecule has 0 aliphatic carbocycles. The lowest BCUT2D eigenvalue weighted by molar-refractivity contribution is -0.104. The number of fused-ring (bicyclic) bond motifs is 2. The van der Waals surface area contributed by atoms with E-state index < -0.39 is 5.60 Å². The number of rotatable bonds is 0. The standard InChI is InChI=1S/C12H16N2O3/c1-8-10-9(4-14-11(8)13)5-17-12(10)6-15-2-3-16-7-12/h4H,2-3,5-7H2,1H3,(H2,13,14). The van der Waals surface area contributed by atoms with E-state index in [2.05, 4.69) is 4.98 Å². The first-order chi connectivity index (χ1) is 8.23. The topological polar surface area (TPSA) is 66.6 Å². The molecular weight excluding hydrogens is 220 g/mol. The molecule has 92 valence electrons. The van der Waals surface area contributed by atoms with Gasteiger partial charge in [-0.1, -0.05) is 0 Å². The summed E-state index contributed by atoms with van der Waals surface area (Å²) in [5.41, 5.74) is 8.55. The lowest BCUT2D eigenvalue weighted by Crippen LogP contribution is -2.35. The van der Waals surface area contributed by atoms with Crippen LogP contribution < -0.4 is 5.73 Å². The van der Waals surface area contributed by atoms with E-state index in [0.717, 1.165) is 16.7 Å². The Morgan fingerprint density at radius 2 is 2.00 bits per heavy atom. The molecule has 0 saturated carbocycles. The zero-order valence-corrected chi connectivity index (χ0v) is 9.86. The molecule has 0 amide bonds. The Labute approximate surface area is 99.9 Å². The molecule has 0 radical (unpaired) electrons. The van der Waals surface area contributed by atoms with Crippen LogP contribution in [0.5, 0.6) is 0 Å². The van der Waals surface area contributed by atoms with E-state index in [1.54, 1.807) is 6.20 Å². The molecule has 5 heteroatoms. The van der Waals surface area contributed by atoms with Crippen LogP contribution in [0.2, 0.25) is 0 Å². The van der Waals surface area contributed by atoms with Crippen molar-refractivity contribution in [2.45, 2.75) is 19.1 Å². The minimum Gasteiger partial charge on any atom is -0.383 e. The summed E-state index contributed by atoms with van der Waals surface area (Å²) in [5, 5.41) is 0. The molecule has 0 aromatic carbocycles. The van der Waals surface area contributed by atoms with Crippen LogP contribution in [0, 0.1) is 6.92 Å². The quantitative estimate of drug-likeness (QED) is 0.719. The van der Waals surface area contributed by atoms with E-state index >= 15 is 0 Å². The number of pyridine rings is 1. The molecule has 0 bridgehead atoms. The molecule has 3 rings (SSSR count). The Hall–Kier alpha value is -1.17. The molecule has 1 aromatic rings. The van der Waals surface area contributed by atoms with Crippen LogP contribution in [0.1, 0.15) is 16.7 Å². The van der Waals surface area contributed by atoms with E-state index in [9.17, 15) is 0 Å². The van der Waals surface area contributed by atoms with E-state index in [1.807, 2.05) is 6.92 Å². The number of hydrogen-bond acceptors (Lipinski definition) is 5. The van der Waals surface area contributed by atoms with Crippen LogP contribution in [0.4, 0.5) is 5.82 Å². The number of hydrogen-bond donors (Lipinski definition) is 1. The van der Waals surface area contributed by atoms with Gasteiger partial charge in [0.1, 0.15) is 11.4 Å². The van der Waals surface area contributed by atoms with Crippen LogP contribution in [-0.2, 0) is 26.4 Å². The second-order valence-electron chi connectivity index (χ2n) is 4.56. The summed E-state index contributed by atoms with van der Waals surface area (Å²) in [6.45, 7) is 4.79. The molecule has 5 nitrogen and oxygen atoms in total. The predicted octanol–water partition coefficient (Wildman–Crippen LogP) is 0.745. The third-order valence-electron chi connectivity index (χ3n) is 3.44. The molecule has 1 aromatic heterocycles. The predicted molar refractivity (Wildman–Crippen MR) is 61.5 cm³/mol. The van der Waals surface area contributed by atoms with Gasteiger partial charge in [0.25, 0.3) is 0 Å². The number of nitrogens with zero attached hydrogens (tertiary/aromatic N) is 1. The van der Waals surface area contributed by atoms with Gasteiger partial charge in [0, 0.05) is 17.3 Å². The zero-order chi connectivity index (χ0) is 11.9. The maximum Gasteiger partial charge on any atom is 0.141 e. The van der Waals surface area contributed by atoms with Crippen molar-refractivity contribution >= 4 is 5.82 Å². The van der Waals surface area contributed by atoms with E-state index in [0.29, 0.717) is 38.9 Å². The second kappa shape index (κ2) is 3.94. The fourth-order valence-corrected chi connectivity index (χ4v) is 2.57. The normalized spacial score (nSPS) is 22.4. The summed E-state index contributed by atoms with van der Waals surface area (Å²) in [6.07, 6.45) is 1.79. The number of nitrogen functional groups attached to an aromatic ring is 1. The van der Waals surface area contributed by atoms with Crippen LogP contribution in [0.25, 0.3) is 0 Å². The van der Waals surface area contributed by atoms with Crippen LogP contribution >= 0.6 is 0 Å². The first-order valence-corrected chi connectivity index (χ1v) is 5.77. The first-order valence-electron chi connectivity index (χ1n) is 5.77. The van der Waals surface area contributed by atoms with Crippen molar-refractivity contribution in [2.24, 2.45) is 0 Å². The van der Waals surface area contributed by atoms with E-state index in [4.69, 9.17) is 19.9 Å². The number of nitrogens with two attached hydrogens (primary N) is 1. The van der Waals surface area contributed by atoms with Crippen molar-refractivity contribution in [3.63, 3.8) is 0 Å². The minimum atomic E-state index is -0.493. The fourth-order valence-electron chi connectivity index (χ4n) is 2.57. The van der Waals surface area contributed by atoms with Gasteiger partial charge in [-0.3, -0.25) is 0 Å². The highest BCUT2D eigenvalue weighted by atomic mass is 16.6. The molecule has 17 heavy (non-hydrogen) atoms. The summed E-state index contributed by atoms with van der Waals surface area (Å²) in [5.74, 6) is 0.554. The van der Waals surface area contributed by atoms with Crippen molar-refractivity contribution in [3.05, 3.63) is 22.9 Å². The van der Waals surface area contributed by atoms with Gasteiger partial charge in [-0.25, -0.2) is 4.98 Å². The maximum absolute atomic E-state index is 5.92. The fraction of sp³-hybridized carbons (Fsp3) is 0.583. The van der Waals surface area contributed by atoms with Crippen LogP contribution in [0.15, 0.2) is 6.20 Å². The Morgan fingerprint density at radius 3 is 2.71 bits per heavy atom. The highest BCUT2D eigenvalue weighted by Crippen LogP contribution is 2.40. The second-order valence-corrected chi connectivity index (χ2v) is 4.56. The average Bonchev–Trinajstić information content (AvgIpc) is 2.52. The van der Waals surface area contributed by atoms with Gasteiger partial charge in [0.2, 0.25) is 0 Å². The maximum atomic E-state index is 5.92. The molecule has 2 aliphatic rings. The minimum absolute atomic E-state index is 0.493. The van der Waals surface area contributed by atoms with Crippen molar-refractivity contribution in [1.82, 2.24) is 4.98 Å². The molecular formula is C12H16N2O3. The van der Waals surface area contributed by atoms with Crippen molar-refractivity contribution < 1.29 is 14.2 Å². The van der Waals surface area contributed by atoms with E-state index in [1.165, 1.54) is 0 Å². The van der Waals surface area contributed by atoms with Gasteiger partial charge < -0.3 is 19.9 Å². The summed E-state index contributed by atoms with van der Waals surface area (Å²) in [7, 11) is 0. The number of anilines is 1. The van der Waals surface area contributed by atoms with Crippen molar-refractivity contribution in [2.75, 3.05) is 32.2 Å². The Bertz CT molecular complexity index is 440. The van der Waals surface area contributed by atoms with Gasteiger partial charge in [-0.05, 0) is 12.5 Å². The molecule has 3 heterocycles. The molecule has 2 N–H and O–H groups in total. The third kappa shape index (κ3) is 1.62. The summed E-state index contributed by atoms with van der Waals surface area (Å²) < 4.78 is 17.1. The van der Waals surface area contributed by atoms with Gasteiger partial charge >= 0.3 is 0 Å². The third-order valence-corrected chi connectivity index (χ3v) is 3.44. The van der Waals surface area contributed by atoms with Crippen LogP contribution in [0.3, 0.4) is 0 Å². The summed E-state index contributed by atoms with van der Waals surface area (Å²) in [6, 6.07) is 0. The molecule has 0 atom stereocenters.